The van der Waals surface area contributed by atoms with Gasteiger partial charge in [0.05, 0.1) is 12.0 Å². The number of methoxy groups -OCH3 is 1. The molecule has 0 atom stereocenters. The Labute approximate surface area is 168 Å². The molecule has 3 rings (SSSR count). The van der Waals surface area contributed by atoms with Crippen LogP contribution in [0.2, 0.25) is 0 Å². The number of carbonyl (C=O) groups excluding carboxylic acids is 1. The predicted molar refractivity (Wildman–Crippen MR) is 109 cm³/mol. The number of aryl methyl sites for hydroxylation is 1. The SMILES string of the molecule is COc1ccc(NC(=O)c2ccc(NS(=O)(=O)c3ccc(F)c(C)c3)cc2)cc1. The number of carbonyl (C=O) groups is 1. The van der Waals surface area contributed by atoms with Crippen LogP contribution in [0.4, 0.5) is 15.8 Å². The van der Waals surface area contributed by atoms with Crippen LogP contribution < -0.4 is 14.8 Å². The van der Waals surface area contributed by atoms with Crippen LogP contribution in [0.5, 0.6) is 5.75 Å². The van der Waals surface area contributed by atoms with Gasteiger partial charge in [0.2, 0.25) is 0 Å². The van der Waals surface area contributed by atoms with Crippen LogP contribution in [0.1, 0.15) is 15.9 Å². The molecular formula is C21H19FN2O4S. The van der Waals surface area contributed by atoms with Crippen molar-refractivity contribution in [3.05, 3.63) is 83.7 Å². The van der Waals surface area contributed by atoms with Crippen LogP contribution in [0, 0.1) is 12.7 Å². The van der Waals surface area contributed by atoms with E-state index >= 15 is 0 Å². The summed E-state index contributed by atoms with van der Waals surface area (Å²) >= 11 is 0. The van der Waals surface area contributed by atoms with Crippen molar-refractivity contribution in [1.29, 1.82) is 0 Å². The first kappa shape index (κ1) is 20.3. The molecule has 8 heteroatoms. The number of hydrogen-bond acceptors (Lipinski definition) is 4. The van der Waals surface area contributed by atoms with Crippen molar-refractivity contribution in [2.24, 2.45) is 0 Å². The molecule has 0 bridgehead atoms. The Morgan fingerprint density at radius 3 is 2.14 bits per heavy atom. The zero-order valence-electron chi connectivity index (χ0n) is 15.8. The topological polar surface area (TPSA) is 84.5 Å². The summed E-state index contributed by atoms with van der Waals surface area (Å²) in [5.41, 5.74) is 1.49. The fourth-order valence-electron chi connectivity index (χ4n) is 2.57. The number of hydrogen-bond donors (Lipinski definition) is 2. The van der Waals surface area contributed by atoms with Gasteiger partial charge in [-0.2, -0.15) is 0 Å². The van der Waals surface area contributed by atoms with E-state index in [2.05, 4.69) is 10.0 Å². The molecule has 0 saturated heterocycles. The number of ether oxygens (including phenoxy) is 1. The number of sulfonamides is 1. The number of anilines is 2. The van der Waals surface area contributed by atoms with E-state index < -0.39 is 15.8 Å². The molecule has 3 aromatic carbocycles. The van der Waals surface area contributed by atoms with Gasteiger partial charge in [0.15, 0.2) is 0 Å². The molecule has 0 spiro atoms. The zero-order valence-corrected chi connectivity index (χ0v) is 16.6. The van der Waals surface area contributed by atoms with E-state index in [0.717, 1.165) is 6.07 Å². The Hall–Kier alpha value is -3.39. The molecule has 3 aromatic rings. The van der Waals surface area contributed by atoms with Gasteiger partial charge in [0.25, 0.3) is 15.9 Å². The molecule has 0 unspecified atom stereocenters. The number of halogens is 1. The summed E-state index contributed by atoms with van der Waals surface area (Å²) in [6.45, 7) is 1.49. The minimum absolute atomic E-state index is 0.0438. The molecular weight excluding hydrogens is 395 g/mol. The van der Waals surface area contributed by atoms with Crippen molar-refractivity contribution in [1.82, 2.24) is 0 Å². The third-order valence-electron chi connectivity index (χ3n) is 4.19. The van der Waals surface area contributed by atoms with Gasteiger partial charge in [-0.25, -0.2) is 12.8 Å². The maximum atomic E-state index is 13.4. The van der Waals surface area contributed by atoms with Gasteiger partial charge >= 0.3 is 0 Å². The van der Waals surface area contributed by atoms with Crippen LogP contribution in [0.15, 0.2) is 71.6 Å². The Morgan fingerprint density at radius 2 is 1.55 bits per heavy atom. The van der Waals surface area contributed by atoms with E-state index in [1.165, 1.54) is 43.3 Å². The van der Waals surface area contributed by atoms with E-state index in [4.69, 9.17) is 4.74 Å². The molecule has 0 fully saturated rings. The minimum atomic E-state index is -3.87. The second-order valence-corrected chi connectivity index (χ2v) is 7.96. The van der Waals surface area contributed by atoms with E-state index in [-0.39, 0.29) is 22.1 Å². The lowest BCUT2D eigenvalue weighted by atomic mass is 10.2. The van der Waals surface area contributed by atoms with Crippen molar-refractivity contribution in [2.45, 2.75) is 11.8 Å². The Balaban J connectivity index is 1.70. The van der Waals surface area contributed by atoms with Crippen LogP contribution in [-0.2, 0) is 10.0 Å². The lowest BCUT2D eigenvalue weighted by Gasteiger charge is -2.10. The predicted octanol–water partition coefficient (Wildman–Crippen LogP) is 4.20. The lowest BCUT2D eigenvalue weighted by molar-refractivity contribution is 0.102. The quantitative estimate of drug-likeness (QED) is 0.633. The molecule has 0 radical (unpaired) electrons. The smallest absolute Gasteiger partial charge is 0.261 e. The van der Waals surface area contributed by atoms with Gasteiger partial charge < -0.3 is 10.1 Å². The summed E-state index contributed by atoms with van der Waals surface area (Å²) in [5, 5.41) is 2.75. The fourth-order valence-corrected chi connectivity index (χ4v) is 3.71. The molecule has 0 aliphatic heterocycles. The first-order chi connectivity index (χ1) is 13.8. The highest BCUT2D eigenvalue weighted by molar-refractivity contribution is 7.92. The molecule has 0 aliphatic rings. The summed E-state index contributed by atoms with van der Waals surface area (Å²) < 4.78 is 45.8. The highest BCUT2D eigenvalue weighted by atomic mass is 32.2. The highest BCUT2D eigenvalue weighted by Crippen LogP contribution is 2.20. The van der Waals surface area contributed by atoms with Crippen LogP contribution in [-0.4, -0.2) is 21.4 Å². The van der Waals surface area contributed by atoms with E-state index in [0.29, 0.717) is 17.0 Å². The molecule has 0 saturated carbocycles. The first-order valence-corrected chi connectivity index (χ1v) is 10.1. The van der Waals surface area contributed by atoms with Crippen molar-refractivity contribution in [3.63, 3.8) is 0 Å². The molecule has 29 heavy (non-hydrogen) atoms. The highest BCUT2D eigenvalue weighted by Gasteiger charge is 2.16. The molecule has 150 valence electrons. The molecule has 6 nitrogen and oxygen atoms in total. The van der Waals surface area contributed by atoms with Crippen LogP contribution >= 0.6 is 0 Å². The Bertz CT molecular complexity index is 1130. The third kappa shape index (κ3) is 4.91. The number of nitrogens with one attached hydrogen (secondary N) is 2. The maximum absolute atomic E-state index is 13.4. The standard InChI is InChI=1S/C21H19FN2O4S/c1-14-13-19(11-12-20(14)22)29(26,27)24-17-5-3-15(4-6-17)21(25)23-16-7-9-18(28-2)10-8-16/h3-13,24H,1-2H3,(H,23,25). The second-order valence-electron chi connectivity index (χ2n) is 6.28. The lowest BCUT2D eigenvalue weighted by Crippen LogP contribution is -2.14. The van der Waals surface area contributed by atoms with Gasteiger partial charge in [0, 0.05) is 16.9 Å². The molecule has 0 aromatic heterocycles. The Kier molecular flexibility index (Phi) is 5.84. The molecule has 0 aliphatic carbocycles. The van der Waals surface area contributed by atoms with Crippen molar-refractivity contribution in [2.75, 3.05) is 17.1 Å². The molecule has 0 heterocycles. The first-order valence-electron chi connectivity index (χ1n) is 8.63. The number of rotatable bonds is 6. The van der Waals surface area contributed by atoms with Gasteiger partial charge in [-0.3, -0.25) is 9.52 Å². The summed E-state index contributed by atoms with van der Waals surface area (Å²) in [5.74, 6) is -0.133. The average molecular weight is 414 g/mol. The minimum Gasteiger partial charge on any atom is -0.497 e. The zero-order chi connectivity index (χ0) is 21.0. The van der Waals surface area contributed by atoms with Gasteiger partial charge in [0.1, 0.15) is 11.6 Å². The van der Waals surface area contributed by atoms with Gasteiger partial charge in [-0.15, -0.1) is 0 Å². The monoisotopic (exact) mass is 414 g/mol. The summed E-state index contributed by atoms with van der Waals surface area (Å²) in [6.07, 6.45) is 0. The van der Waals surface area contributed by atoms with Crippen LogP contribution in [0.25, 0.3) is 0 Å². The van der Waals surface area contributed by atoms with Crippen LogP contribution in [0.3, 0.4) is 0 Å². The fraction of sp³-hybridized carbons (Fsp3) is 0.0952. The van der Waals surface area contributed by atoms with Crippen molar-refractivity contribution < 1.29 is 22.3 Å². The van der Waals surface area contributed by atoms with Crippen molar-refractivity contribution in [3.8, 4) is 5.75 Å². The number of amides is 1. The average Bonchev–Trinajstić information content (AvgIpc) is 2.70. The number of benzene rings is 3. The maximum Gasteiger partial charge on any atom is 0.261 e. The summed E-state index contributed by atoms with van der Waals surface area (Å²) in [7, 11) is -2.31. The van der Waals surface area contributed by atoms with Gasteiger partial charge in [-0.1, -0.05) is 0 Å². The Morgan fingerprint density at radius 1 is 0.931 bits per heavy atom. The van der Waals surface area contributed by atoms with Gasteiger partial charge in [-0.05, 0) is 79.2 Å². The third-order valence-corrected chi connectivity index (χ3v) is 5.57. The molecule has 2 N–H and O–H groups in total. The van der Waals surface area contributed by atoms with Crippen molar-refractivity contribution >= 4 is 27.3 Å². The largest absolute Gasteiger partial charge is 0.497 e. The second kappa shape index (κ2) is 8.32. The van der Waals surface area contributed by atoms with E-state index in [9.17, 15) is 17.6 Å². The molecule has 1 amide bonds. The summed E-state index contributed by atoms with van der Waals surface area (Å²) in [4.78, 5) is 12.3. The summed E-state index contributed by atoms with van der Waals surface area (Å²) in [6, 6.07) is 16.4. The van der Waals surface area contributed by atoms with E-state index in [1.807, 2.05) is 0 Å². The normalized spacial score (nSPS) is 11.0. The van der Waals surface area contributed by atoms with E-state index in [1.54, 1.807) is 31.4 Å².